The SMILES string of the molecule is CCCCOCCOC[C]=O. The number of hydrogen-bond donors (Lipinski definition) is 0. The molecule has 0 aromatic carbocycles. The second-order valence-corrected chi connectivity index (χ2v) is 2.16. The Labute approximate surface area is 67.7 Å². The number of carbonyl (C=O) groups excluding carboxylic acids is 1. The summed E-state index contributed by atoms with van der Waals surface area (Å²) >= 11 is 0. The fourth-order valence-corrected chi connectivity index (χ4v) is 0.580. The van der Waals surface area contributed by atoms with Gasteiger partial charge in [0.15, 0.2) is 0 Å². The molecule has 0 N–H and O–H groups in total. The van der Waals surface area contributed by atoms with Crippen LogP contribution in [0.4, 0.5) is 0 Å². The quantitative estimate of drug-likeness (QED) is 0.494. The number of ether oxygens (including phenoxy) is 2. The van der Waals surface area contributed by atoms with Crippen molar-refractivity contribution in [2.45, 2.75) is 19.8 Å². The highest BCUT2D eigenvalue weighted by Crippen LogP contribution is 1.87. The van der Waals surface area contributed by atoms with E-state index in [1.54, 1.807) is 6.29 Å². The van der Waals surface area contributed by atoms with Crippen LogP contribution in [-0.2, 0) is 14.3 Å². The normalized spacial score (nSPS) is 9.91. The standard InChI is InChI=1S/C8H15O3/c1-2-3-5-10-7-8-11-6-4-9/h2-3,5-8H2,1H3. The van der Waals surface area contributed by atoms with E-state index in [0.29, 0.717) is 13.2 Å². The molecule has 3 heteroatoms. The summed E-state index contributed by atoms with van der Waals surface area (Å²) in [6, 6.07) is 0. The molecule has 0 aliphatic carbocycles. The lowest BCUT2D eigenvalue weighted by molar-refractivity contribution is 0.0601. The second-order valence-electron chi connectivity index (χ2n) is 2.16. The van der Waals surface area contributed by atoms with E-state index in [9.17, 15) is 4.79 Å². The molecule has 0 amide bonds. The van der Waals surface area contributed by atoms with Crippen molar-refractivity contribution >= 4 is 6.29 Å². The zero-order valence-corrected chi connectivity index (χ0v) is 6.97. The van der Waals surface area contributed by atoms with E-state index in [0.717, 1.165) is 19.4 Å². The summed E-state index contributed by atoms with van der Waals surface area (Å²) in [5.41, 5.74) is 0. The molecule has 0 aliphatic rings. The maximum atomic E-state index is 9.65. The lowest BCUT2D eigenvalue weighted by Gasteiger charge is -2.01. The molecule has 0 saturated carbocycles. The van der Waals surface area contributed by atoms with Gasteiger partial charge in [0.25, 0.3) is 0 Å². The fraction of sp³-hybridized carbons (Fsp3) is 0.875. The van der Waals surface area contributed by atoms with E-state index in [1.165, 1.54) is 0 Å². The largest absolute Gasteiger partial charge is 0.379 e. The van der Waals surface area contributed by atoms with Crippen molar-refractivity contribution in [2.75, 3.05) is 26.4 Å². The van der Waals surface area contributed by atoms with Crippen molar-refractivity contribution in [1.82, 2.24) is 0 Å². The van der Waals surface area contributed by atoms with E-state index >= 15 is 0 Å². The maximum Gasteiger partial charge on any atom is 0.226 e. The lowest BCUT2D eigenvalue weighted by Crippen LogP contribution is -2.06. The monoisotopic (exact) mass is 159 g/mol. The van der Waals surface area contributed by atoms with Crippen LogP contribution in [0.15, 0.2) is 0 Å². The summed E-state index contributed by atoms with van der Waals surface area (Å²) in [7, 11) is 0. The van der Waals surface area contributed by atoms with Gasteiger partial charge < -0.3 is 9.47 Å². The van der Waals surface area contributed by atoms with Crippen molar-refractivity contribution < 1.29 is 14.3 Å². The van der Waals surface area contributed by atoms with E-state index in [4.69, 9.17) is 9.47 Å². The van der Waals surface area contributed by atoms with Gasteiger partial charge in [-0.05, 0) is 6.42 Å². The van der Waals surface area contributed by atoms with Crippen LogP contribution in [0.2, 0.25) is 0 Å². The van der Waals surface area contributed by atoms with Gasteiger partial charge >= 0.3 is 0 Å². The molecule has 0 heterocycles. The van der Waals surface area contributed by atoms with E-state index < -0.39 is 0 Å². The average molecular weight is 159 g/mol. The van der Waals surface area contributed by atoms with Gasteiger partial charge in [0, 0.05) is 6.61 Å². The minimum atomic E-state index is 0.0527. The molecule has 0 bridgehead atoms. The smallest absolute Gasteiger partial charge is 0.226 e. The van der Waals surface area contributed by atoms with E-state index in [-0.39, 0.29) is 6.61 Å². The molecule has 11 heavy (non-hydrogen) atoms. The summed E-state index contributed by atoms with van der Waals surface area (Å²) in [6.45, 7) is 4.00. The summed E-state index contributed by atoms with van der Waals surface area (Å²) in [5, 5.41) is 0. The van der Waals surface area contributed by atoms with E-state index in [2.05, 4.69) is 6.92 Å². The number of hydrogen-bond acceptors (Lipinski definition) is 3. The molecule has 0 atom stereocenters. The highest BCUT2D eigenvalue weighted by atomic mass is 16.5. The van der Waals surface area contributed by atoms with Crippen molar-refractivity contribution in [3.05, 3.63) is 0 Å². The molecule has 0 spiro atoms. The van der Waals surface area contributed by atoms with Crippen LogP contribution >= 0.6 is 0 Å². The van der Waals surface area contributed by atoms with Crippen LogP contribution < -0.4 is 0 Å². The lowest BCUT2D eigenvalue weighted by atomic mass is 10.4. The van der Waals surface area contributed by atoms with Gasteiger partial charge in [-0.1, -0.05) is 13.3 Å². The summed E-state index contributed by atoms with van der Waals surface area (Å²) in [4.78, 5) is 9.65. The third-order valence-electron chi connectivity index (χ3n) is 1.18. The first kappa shape index (κ1) is 10.6. The van der Waals surface area contributed by atoms with Gasteiger partial charge in [0.05, 0.1) is 13.2 Å². The predicted octanol–water partition coefficient (Wildman–Crippen LogP) is 0.929. The fourth-order valence-electron chi connectivity index (χ4n) is 0.580. The third-order valence-corrected chi connectivity index (χ3v) is 1.18. The number of rotatable bonds is 8. The molecule has 0 aliphatic heterocycles. The maximum absolute atomic E-state index is 9.65. The molecule has 0 aromatic heterocycles. The van der Waals surface area contributed by atoms with Crippen molar-refractivity contribution in [3.63, 3.8) is 0 Å². The first-order valence-electron chi connectivity index (χ1n) is 3.92. The molecule has 3 nitrogen and oxygen atoms in total. The van der Waals surface area contributed by atoms with Crippen LogP contribution in [0.3, 0.4) is 0 Å². The highest BCUT2D eigenvalue weighted by molar-refractivity contribution is 5.51. The molecular weight excluding hydrogens is 144 g/mol. The minimum absolute atomic E-state index is 0.0527. The van der Waals surface area contributed by atoms with Gasteiger partial charge in [-0.15, -0.1) is 0 Å². The first-order chi connectivity index (χ1) is 5.41. The van der Waals surface area contributed by atoms with Gasteiger partial charge in [-0.25, -0.2) is 0 Å². The zero-order valence-electron chi connectivity index (χ0n) is 6.97. The van der Waals surface area contributed by atoms with Gasteiger partial charge in [0.1, 0.15) is 6.61 Å². The second kappa shape index (κ2) is 9.59. The topological polar surface area (TPSA) is 35.5 Å². The average Bonchev–Trinajstić information content (AvgIpc) is 2.03. The van der Waals surface area contributed by atoms with Gasteiger partial charge in [-0.3, -0.25) is 4.79 Å². The Balaban J connectivity index is 2.74. The van der Waals surface area contributed by atoms with Crippen LogP contribution in [0.1, 0.15) is 19.8 Å². The van der Waals surface area contributed by atoms with E-state index in [1.807, 2.05) is 0 Å². The minimum Gasteiger partial charge on any atom is -0.379 e. The third kappa shape index (κ3) is 9.59. The first-order valence-corrected chi connectivity index (χ1v) is 3.92. The van der Waals surface area contributed by atoms with Crippen LogP contribution in [0.5, 0.6) is 0 Å². The Hall–Kier alpha value is -0.410. The summed E-state index contributed by atoms with van der Waals surface area (Å²) in [5.74, 6) is 0. The number of unbranched alkanes of at least 4 members (excludes halogenated alkanes) is 1. The molecule has 0 aromatic rings. The summed E-state index contributed by atoms with van der Waals surface area (Å²) < 4.78 is 9.98. The molecule has 0 fully saturated rings. The Kier molecular flexibility index (Phi) is 9.23. The molecule has 0 unspecified atom stereocenters. The van der Waals surface area contributed by atoms with Crippen molar-refractivity contribution in [2.24, 2.45) is 0 Å². The molecule has 1 radical (unpaired) electrons. The van der Waals surface area contributed by atoms with Crippen molar-refractivity contribution in [3.8, 4) is 0 Å². The highest BCUT2D eigenvalue weighted by Gasteiger charge is 1.87. The molecule has 0 rings (SSSR count). The van der Waals surface area contributed by atoms with Crippen LogP contribution in [0, 0.1) is 0 Å². The van der Waals surface area contributed by atoms with Crippen molar-refractivity contribution in [1.29, 1.82) is 0 Å². The van der Waals surface area contributed by atoms with Crippen LogP contribution in [-0.4, -0.2) is 32.7 Å². The molecule has 65 valence electrons. The zero-order chi connectivity index (χ0) is 8.36. The Morgan fingerprint density at radius 1 is 1.18 bits per heavy atom. The predicted molar refractivity (Wildman–Crippen MR) is 42.2 cm³/mol. The molecular formula is C8H15O3. The van der Waals surface area contributed by atoms with Crippen LogP contribution in [0.25, 0.3) is 0 Å². The molecule has 0 saturated heterocycles. The summed E-state index contributed by atoms with van der Waals surface area (Å²) in [6.07, 6.45) is 3.87. The van der Waals surface area contributed by atoms with Gasteiger partial charge in [-0.2, -0.15) is 0 Å². The Morgan fingerprint density at radius 2 is 1.91 bits per heavy atom. The Bertz CT molecular complexity index is 83.4. The van der Waals surface area contributed by atoms with Gasteiger partial charge in [0.2, 0.25) is 6.29 Å². The Morgan fingerprint density at radius 3 is 2.55 bits per heavy atom.